The lowest BCUT2D eigenvalue weighted by atomic mass is 10.1. The maximum absolute atomic E-state index is 12.7. The normalized spacial score (nSPS) is 14.9. The van der Waals surface area contributed by atoms with Crippen LogP contribution < -0.4 is 4.90 Å². The lowest BCUT2D eigenvalue weighted by Crippen LogP contribution is -2.49. The van der Waals surface area contributed by atoms with Gasteiger partial charge in [-0.25, -0.2) is 13.4 Å². The Hall–Kier alpha value is -2.10. The Balaban J connectivity index is 1.37. The van der Waals surface area contributed by atoms with Gasteiger partial charge in [-0.15, -0.1) is 11.8 Å². The number of nitrogens with zero attached hydrogens (tertiary/aromatic N) is 3. The fourth-order valence-electron chi connectivity index (χ4n) is 3.63. The number of carbonyl (C=O) groups is 1. The number of thioether (sulfide) groups is 1. The van der Waals surface area contributed by atoms with E-state index in [1.54, 1.807) is 54.3 Å². The Morgan fingerprint density at radius 1 is 1.10 bits per heavy atom. The number of aromatic nitrogens is 1. The van der Waals surface area contributed by atoms with Crippen molar-refractivity contribution in [1.82, 2.24) is 9.88 Å². The number of thiazole rings is 1. The predicted octanol–water partition coefficient (Wildman–Crippen LogP) is 3.70. The van der Waals surface area contributed by atoms with Crippen LogP contribution in [-0.4, -0.2) is 62.4 Å². The van der Waals surface area contributed by atoms with Crippen LogP contribution in [0.25, 0.3) is 10.2 Å². The SMILES string of the molecule is CCS(=O)(=O)c1ccc(CC(=O)N2CCN(c3nc4c(SC)cccc4s3)CC2)cc1. The predicted molar refractivity (Wildman–Crippen MR) is 128 cm³/mol. The lowest BCUT2D eigenvalue weighted by molar-refractivity contribution is -0.130. The zero-order valence-electron chi connectivity index (χ0n) is 17.6. The van der Waals surface area contributed by atoms with Crippen molar-refractivity contribution in [2.24, 2.45) is 0 Å². The summed E-state index contributed by atoms with van der Waals surface area (Å²) in [5, 5.41) is 1.01. The van der Waals surface area contributed by atoms with Crippen molar-refractivity contribution in [1.29, 1.82) is 0 Å². The van der Waals surface area contributed by atoms with Crippen LogP contribution in [0.4, 0.5) is 5.13 Å². The number of anilines is 1. The second-order valence-corrected chi connectivity index (χ2v) is 11.5. The molecule has 1 aliphatic heterocycles. The summed E-state index contributed by atoms with van der Waals surface area (Å²) in [6, 6.07) is 12.9. The van der Waals surface area contributed by atoms with Gasteiger partial charge < -0.3 is 9.80 Å². The van der Waals surface area contributed by atoms with Gasteiger partial charge in [0.25, 0.3) is 0 Å². The number of sulfone groups is 1. The zero-order chi connectivity index (χ0) is 22.0. The maximum atomic E-state index is 12.7. The van der Waals surface area contributed by atoms with Crippen molar-refractivity contribution >= 4 is 54.2 Å². The Morgan fingerprint density at radius 2 is 1.81 bits per heavy atom. The van der Waals surface area contributed by atoms with Crippen LogP contribution in [0, 0.1) is 0 Å². The third kappa shape index (κ3) is 4.73. The summed E-state index contributed by atoms with van der Waals surface area (Å²) in [5.41, 5.74) is 1.89. The van der Waals surface area contributed by atoms with E-state index in [2.05, 4.69) is 29.4 Å². The first kappa shape index (κ1) is 22.1. The van der Waals surface area contributed by atoms with Gasteiger partial charge in [-0.2, -0.15) is 0 Å². The van der Waals surface area contributed by atoms with Gasteiger partial charge in [0.05, 0.1) is 27.3 Å². The Labute approximate surface area is 191 Å². The molecule has 0 unspecified atom stereocenters. The Kier molecular flexibility index (Phi) is 6.55. The molecule has 164 valence electrons. The highest BCUT2D eigenvalue weighted by atomic mass is 32.2. The first-order valence-corrected chi connectivity index (χ1v) is 13.9. The summed E-state index contributed by atoms with van der Waals surface area (Å²) in [5.74, 6) is 0.141. The summed E-state index contributed by atoms with van der Waals surface area (Å²) >= 11 is 3.41. The minimum Gasteiger partial charge on any atom is -0.345 e. The van der Waals surface area contributed by atoms with Gasteiger partial charge in [0.2, 0.25) is 5.91 Å². The van der Waals surface area contributed by atoms with E-state index in [1.807, 2.05) is 4.90 Å². The van der Waals surface area contributed by atoms with Crippen LogP contribution in [-0.2, 0) is 21.1 Å². The van der Waals surface area contributed by atoms with Gasteiger partial charge in [0.1, 0.15) is 0 Å². The van der Waals surface area contributed by atoms with E-state index in [0.717, 1.165) is 29.3 Å². The van der Waals surface area contributed by atoms with Gasteiger partial charge in [0.15, 0.2) is 15.0 Å². The minimum absolute atomic E-state index is 0.0692. The summed E-state index contributed by atoms with van der Waals surface area (Å²) in [4.78, 5) is 23.2. The number of amides is 1. The highest BCUT2D eigenvalue weighted by Crippen LogP contribution is 2.34. The van der Waals surface area contributed by atoms with Crippen LogP contribution in [0.3, 0.4) is 0 Å². The number of hydrogen-bond donors (Lipinski definition) is 0. The molecule has 1 amide bonds. The second kappa shape index (κ2) is 9.18. The molecule has 3 aromatic rings. The van der Waals surface area contributed by atoms with Crippen molar-refractivity contribution < 1.29 is 13.2 Å². The average Bonchev–Trinajstić information content (AvgIpc) is 3.24. The molecule has 0 aliphatic carbocycles. The molecular weight excluding hydrogens is 450 g/mol. The van der Waals surface area contributed by atoms with E-state index in [0.29, 0.717) is 18.0 Å². The molecule has 0 atom stereocenters. The first-order valence-electron chi connectivity index (χ1n) is 10.2. The number of piperazine rings is 1. The standard InChI is InChI=1S/C22H25N3O3S3/c1-3-31(27,28)17-9-7-16(8-10-17)15-20(26)24-11-13-25(14-12-24)22-23-21-18(29-2)5-4-6-19(21)30-22/h4-10H,3,11-15H2,1-2H3. The van der Waals surface area contributed by atoms with Crippen LogP contribution in [0.2, 0.25) is 0 Å². The first-order chi connectivity index (χ1) is 14.9. The van der Waals surface area contributed by atoms with Gasteiger partial charge >= 0.3 is 0 Å². The number of para-hydroxylation sites is 1. The van der Waals surface area contributed by atoms with Gasteiger partial charge in [-0.1, -0.05) is 36.5 Å². The number of carbonyl (C=O) groups excluding carboxylic acids is 1. The molecule has 2 aromatic carbocycles. The molecule has 1 aromatic heterocycles. The molecule has 1 aliphatic rings. The van der Waals surface area contributed by atoms with E-state index < -0.39 is 9.84 Å². The zero-order valence-corrected chi connectivity index (χ0v) is 20.0. The minimum atomic E-state index is -3.22. The van der Waals surface area contributed by atoms with Crippen LogP contribution in [0.1, 0.15) is 12.5 Å². The smallest absolute Gasteiger partial charge is 0.227 e. The molecule has 0 spiro atoms. The molecule has 6 nitrogen and oxygen atoms in total. The largest absolute Gasteiger partial charge is 0.345 e. The highest BCUT2D eigenvalue weighted by Gasteiger charge is 2.23. The average molecular weight is 476 g/mol. The Morgan fingerprint density at radius 3 is 2.45 bits per heavy atom. The molecule has 4 rings (SSSR count). The van der Waals surface area contributed by atoms with Crippen molar-refractivity contribution in [3.05, 3.63) is 48.0 Å². The summed E-state index contributed by atoms with van der Waals surface area (Å²) in [7, 11) is -3.22. The molecule has 0 N–H and O–H groups in total. The molecule has 0 bridgehead atoms. The van der Waals surface area contributed by atoms with Crippen molar-refractivity contribution in [3.63, 3.8) is 0 Å². The monoisotopic (exact) mass is 475 g/mol. The van der Waals surface area contributed by atoms with Crippen molar-refractivity contribution in [2.45, 2.75) is 23.1 Å². The number of benzene rings is 2. The van der Waals surface area contributed by atoms with Crippen LogP contribution in [0.5, 0.6) is 0 Å². The number of fused-ring (bicyclic) bond motifs is 1. The number of rotatable bonds is 6. The number of hydrogen-bond acceptors (Lipinski definition) is 7. The quantitative estimate of drug-likeness (QED) is 0.506. The highest BCUT2D eigenvalue weighted by molar-refractivity contribution is 7.98. The molecule has 0 radical (unpaired) electrons. The molecule has 1 saturated heterocycles. The van der Waals surface area contributed by atoms with E-state index in [4.69, 9.17) is 4.98 Å². The van der Waals surface area contributed by atoms with Crippen molar-refractivity contribution in [3.8, 4) is 0 Å². The summed E-state index contributed by atoms with van der Waals surface area (Å²) in [6.45, 7) is 4.46. The fourth-order valence-corrected chi connectivity index (χ4v) is 6.18. The van der Waals surface area contributed by atoms with Crippen molar-refractivity contribution in [2.75, 3.05) is 43.1 Å². The van der Waals surface area contributed by atoms with Crippen LogP contribution >= 0.6 is 23.1 Å². The second-order valence-electron chi connectivity index (χ2n) is 7.40. The third-order valence-corrected chi connectivity index (χ3v) is 9.11. The molecule has 9 heteroatoms. The summed E-state index contributed by atoms with van der Waals surface area (Å²) in [6.07, 6.45) is 2.35. The topological polar surface area (TPSA) is 70.6 Å². The fraction of sp³-hybridized carbons (Fsp3) is 0.364. The Bertz CT molecular complexity index is 1180. The summed E-state index contributed by atoms with van der Waals surface area (Å²) < 4.78 is 25.1. The van der Waals surface area contributed by atoms with Crippen LogP contribution in [0.15, 0.2) is 52.3 Å². The van der Waals surface area contributed by atoms with E-state index in [9.17, 15) is 13.2 Å². The lowest BCUT2D eigenvalue weighted by Gasteiger charge is -2.34. The van der Waals surface area contributed by atoms with E-state index in [-0.39, 0.29) is 18.1 Å². The van der Waals surface area contributed by atoms with Gasteiger partial charge in [-0.3, -0.25) is 4.79 Å². The molecule has 0 saturated carbocycles. The van der Waals surface area contributed by atoms with Gasteiger partial charge in [-0.05, 0) is 36.1 Å². The van der Waals surface area contributed by atoms with E-state index in [1.165, 1.54) is 9.60 Å². The maximum Gasteiger partial charge on any atom is 0.227 e. The van der Waals surface area contributed by atoms with E-state index >= 15 is 0 Å². The molecule has 1 fully saturated rings. The molecule has 2 heterocycles. The third-order valence-electron chi connectivity index (χ3n) is 5.51. The van der Waals surface area contributed by atoms with Gasteiger partial charge in [0, 0.05) is 31.1 Å². The molecular formula is C22H25N3O3S3. The molecule has 31 heavy (non-hydrogen) atoms.